The van der Waals surface area contributed by atoms with Gasteiger partial charge < -0.3 is 24.8 Å². The number of hydrogen-bond donors (Lipinski definition) is 3. The molecule has 0 aromatic heterocycles. The summed E-state index contributed by atoms with van der Waals surface area (Å²) in [5, 5.41) is 24.5. The SMILES string of the molecule is C=CC(=O)O.COC(O)COCCO. The first kappa shape index (κ1) is 15.5. The van der Waals surface area contributed by atoms with Gasteiger partial charge >= 0.3 is 5.97 Å². The monoisotopic (exact) mass is 208 g/mol. The second-order valence-corrected chi connectivity index (χ2v) is 2.03. The highest BCUT2D eigenvalue weighted by atomic mass is 16.6. The lowest BCUT2D eigenvalue weighted by molar-refractivity contribution is -0.131. The minimum atomic E-state index is -0.981. The molecule has 0 aliphatic rings. The molecule has 1 unspecified atom stereocenters. The van der Waals surface area contributed by atoms with Crippen molar-refractivity contribution >= 4 is 5.97 Å². The summed E-state index contributed by atoms with van der Waals surface area (Å²) in [7, 11) is 1.38. The van der Waals surface area contributed by atoms with Crippen LogP contribution in [0.4, 0.5) is 0 Å². The first-order valence-electron chi connectivity index (χ1n) is 3.83. The maximum absolute atomic E-state index is 9.25. The molecule has 1 atom stereocenters. The number of aliphatic hydroxyl groups excluding tert-OH is 2. The number of carboxylic acids is 1. The van der Waals surface area contributed by atoms with Crippen molar-refractivity contribution < 1.29 is 29.6 Å². The van der Waals surface area contributed by atoms with Gasteiger partial charge in [-0.1, -0.05) is 6.58 Å². The summed E-state index contributed by atoms with van der Waals surface area (Å²) in [6, 6.07) is 0. The highest BCUT2D eigenvalue weighted by molar-refractivity contribution is 5.78. The zero-order valence-electron chi connectivity index (χ0n) is 8.05. The number of methoxy groups -OCH3 is 1. The van der Waals surface area contributed by atoms with E-state index in [0.717, 1.165) is 6.08 Å². The van der Waals surface area contributed by atoms with Crippen molar-refractivity contribution in [2.75, 3.05) is 26.9 Å². The molecule has 0 saturated heterocycles. The van der Waals surface area contributed by atoms with E-state index >= 15 is 0 Å². The lowest BCUT2D eigenvalue weighted by Crippen LogP contribution is -2.18. The predicted octanol–water partition coefficient (Wildman–Crippen LogP) is -0.783. The van der Waals surface area contributed by atoms with E-state index in [1.54, 1.807) is 0 Å². The van der Waals surface area contributed by atoms with Gasteiger partial charge in [-0.2, -0.15) is 0 Å². The van der Waals surface area contributed by atoms with Gasteiger partial charge in [0.1, 0.15) is 0 Å². The second-order valence-electron chi connectivity index (χ2n) is 2.03. The van der Waals surface area contributed by atoms with Gasteiger partial charge in [0.2, 0.25) is 0 Å². The zero-order valence-corrected chi connectivity index (χ0v) is 8.05. The number of carbonyl (C=O) groups is 1. The maximum Gasteiger partial charge on any atom is 0.327 e. The van der Waals surface area contributed by atoms with Crippen molar-refractivity contribution in [1.29, 1.82) is 0 Å². The standard InChI is InChI=1S/C5H12O4.C3H4O2/c1-8-5(7)4-9-3-2-6;1-2-3(4)5/h5-7H,2-4H2,1H3;2H,1H2,(H,4,5). The van der Waals surface area contributed by atoms with Crippen LogP contribution in [0.25, 0.3) is 0 Å². The molecule has 0 aliphatic heterocycles. The lowest BCUT2D eigenvalue weighted by atomic mass is 10.7. The minimum Gasteiger partial charge on any atom is -0.478 e. The lowest BCUT2D eigenvalue weighted by Gasteiger charge is -2.06. The van der Waals surface area contributed by atoms with Crippen LogP contribution in [0.5, 0.6) is 0 Å². The molecule has 0 saturated carbocycles. The van der Waals surface area contributed by atoms with Crippen LogP contribution in [0.15, 0.2) is 12.7 Å². The Hall–Kier alpha value is -0.950. The average molecular weight is 208 g/mol. The van der Waals surface area contributed by atoms with E-state index < -0.39 is 12.3 Å². The Balaban J connectivity index is 0. The topological polar surface area (TPSA) is 96.2 Å². The van der Waals surface area contributed by atoms with Crippen molar-refractivity contribution in [3.63, 3.8) is 0 Å². The molecule has 0 aliphatic carbocycles. The van der Waals surface area contributed by atoms with E-state index in [1.807, 2.05) is 0 Å². The van der Waals surface area contributed by atoms with Gasteiger partial charge in [0, 0.05) is 13.2 Å². The molecule has 0 aromatic carbocycles. The molecular weight excluding hydrogens is 192 g/mol. The van der Waals surface area contributed by atoms with Crippen molar-refractivity contribution in [2.45, 2.75) is 6.29 Å². The number of hydrogen-bond acceptors (Lipinski definition) is 5. The molecule has 0 bridgehead atoms. The molecule has 84 valence electrons. The Morgan fingerprint density at radius 3 is 2.43 bits per heavy atom. The van der Waals surface area contributed by atoms with Crippen LogP contribution >= 0.6 is 0 Å². The number of carboxylic acid groups (broad SMARTS) is 1. The molecule has 0 spiro atoms. The minimum absolute atomic E-state index is 0.0313. The summed E-state index contributed by atoms with van der Waals surface area (Å²) in [6.45, 7) is 3.27. The predicted molar refractivity (Wildman–Crippen MR) is 48.8 cm³/mol. The Kier molecular flexibility index (Phi) is 13.4. The Morgan fingerprint density at radius 1 is 1.64 bits per heavy atom. The highest BCUT2D eigenvalue weighted by Gasteiger charge is 1.98. The first-order valence-corrected chi connectivity index (χ1v) is 3.83. The van der Waals surface area contributed by atoms with Crippen LogP contribution in [0.2, 0.25) is 0 Å². The number of aliphatic carboxylic acids is 1. The van der Waals surface area contributed by atoms with Crippen LogP contribution in [-0.2, 0) is 14.3 Å². The fourth-order valence-corrected chi connectivity index (χ4v) is 0.317. The van der Waals surface area contributed by atoms with E-state index in [4.69, 9.17) is 20.1 Å². The van der Waals surface area contributed by atoms with Crippen molar-refractivity contribution in [1.82, 2.24) is 0 Å². The molecule has 0 fully saturated rings. The average Bonchev–Trinajstić information content (AvgIpc) is 2.19. The normalized spacial score (nSPS) is 11.1. The van der Waals surface area contributed by atoms with Crippen molar-refractivity contribution in [2.24, 2.45) is 0 Å². The third-order valence-electron chi connectivity index (χ3n) is 0.943. The number of rotatable bonds is 6. The summed E-state index contributed by atoms with van der Waals surface area (Å²) in [5.41, 5.74) is 0. The molecule has 0 aromatic rings. The Morgan fingerprint density at radius 2 is 2.14 bits per heavy atom. The summed E-state index contributed by atoms with van der Waals surface area (Å²) in [5.74, 6) is -0.981. The van der Waals surface area contributed by atoms with Crippen LogP contribution in [-0.4, -0.2) is 54.5 Å². The molecule has 14 heavy (non-hydrogen) atoms. The van der Waals surface area contributed by atoms with E-state index in [-0.39, 0.29) is 19.8 Å². The largest absolute Gasteiger partial charge is 0.478 e. The molecule has 6 nitrogen and oxygen atoms in total. The Bertz CT molecular complexity index is 147. The third-order valence-corrected chi connectivity index (χ3v) is 0.943. The van der Waals surface area contributed by atoms with Crippen molar-refractivity contribution in [3.8, 4) is 0 Å². The smallest absolute Gasteiger partial charge is 0.327 e. The van der Waals surface area contributed by atoms with Gasteiger partial charge in [-0.3, -0.25) is 0 Å². The van der Waals surface area contributed by atoms with Gasteiger partial charge in [0.25, 0.3) is 0 Å². The van der Waals surface area contributed by atoms with E-state index in [1.165, 1.54) is 7.11 Å². The summed E-state index contributed by atoms with van der Waals surface area (Å²) >= 11 is 0. The van der Waals surface area contributed by atoms with Gasteiger partial charge in [-0.25, -0.2) is 4.79 Å². The summed E-state index contributed by atoms with van der Waals surface area (Å²) < 4.78 is 9.16. The molecule has 0 heterocycles. The van der Waals surface area contributed by atoms with Gasteiger partial charge in [-0.15, -0.1) is 0 Å². The van der Waals surface area contributed by atoms with Gasteiger partial charge in [0.15, 0.2) is 6.29 Å². The summed E-state index contributed by atoms with van der Waals surface area (Å²) in [4.78, 5) is 9.25. The van der Waals surface area contributed by atoms with Crippen LogP contribution < -0.4 is 0 Å². The second kappa shape index (κ2) is 12.0. The number of aliphatic hydroxyl groups is 2. The number of ether oxygens (including phenoxy) is 2. The first-order chi connectivity index (χ1) is 6.58. The zero-order chi connectivity index (χ0) is 11.4. The van der Waals surface area contributed by atoms with Crippen LogP contribution in [0, 0.1) is 0 Å². The van der Waals surface area contributed by atoms with Crippen LogP contribution in [0.1, 0.15) is 0 Å². The molecule has 0 rings (SSSR count). The highest BCUT2D eigenvalue weighted by Crippen LogP contribution is 1.83. The molecule has 0 radical (unpaired) electrons. The van der Waals surface area contributed by atoms with Crippen LogP contribution in [0.3, 0.4) is 0 Å². The molecular formula is C8H16O6. The quantitative estimate of drug-likeness (QED) is 0.301. The molecule has 3 N–H and O–H groups in total. The van der Waals surface area contributed by atoms with Gasteiger partial charge in [0.05, 0.1) is 19.8 Å². The molecule has 6 heteroatoms. The fourth-order valence-electron chi connectivity index (χ4n) is 0.317. The van der Waals surface area contributed by atoms with Crippen molar-refractivity contribution in [3.05, 3.63) is 12.7 Å². The van der Waals surface area contributed by atoms with E-state index in [2.05, 4.69) is 11.3 Å². The van der Waals surface area contributed by atoms with E-state index in [9.17, 15) is 4.79 Å². The van der Waals surface area contributed by atoms with Gasteiger partial charge in [-0.05, 0) is 0 Å². The third kappa shape index (κ3) is 17.2. The fraction of sp³-hybridized carbons (Fsp3) is 0.625. The maximum atomic E-state index is 9.25. The molecule has 0 amide bonds. The Labute approximate surface area is 82.4 Å². The van der Waals surface area contributed by atoms with E-state index in [0.29, 0.717) is 0 Å². The summed E-state index contributed by atoms with van der Waals surface area (Å²) in [6.07, 6.45) is -0.0449.